The quantitative estimate of drug-likeness (QED) is 0.162. The van der Waals surface area contributed by atoms with Gasteiger partial charge in [0.15, 0.2) is 16.6 Å². The third-order valence-corrected chi connectivity index (χ3v) is 15.5. The molecule has 0 aliphatic carbocycles. The Bertz CT molecular complexity index is 585. The maximum atomic E-state index is 11.9. The van der Waals surface area contributed by atoms with Gasteiger partial charge in [0, 0.05) is 12.5 Å². The van der Waals surface area contributed by atoms with Crippen LogP contribution in [0.4, 0.5) is 0 Å². The van der Waals surface area contributed by atoms with Gasteiger partial charge in [0.05, 0.1) is 12.7 Å². The summed E-state index contributed by atoms with van der Waals surface area (Å²) in [6.07, 6.45) is 3.90. The van der Waals surface area contributed by atoms with E-state index >= 15 is 0 Å². The van der Waals surface area contributed by atoms with E-state index in [2.05, 4.69) is 67.7 Å². The van der Waals surface area contributed by atoms with E-state index in [4.69, 9.17) is 13.6 Å². The van der Waals surface area contributed by atoms with Crippen molar-refractivity contribution in [2.24, 2.45) is 5.92 Å². The Morgan fingerprint density at radius 1 is 0.933 bits per heavy atom. The van der Waals surface area contributed by atoms with Crippen LogP contribution in [0.15, 0.2) is 12.2 Å². The summed E-state index contributed by atoms with van der Waals surface area (Å²) in [7, 11) is -4.19. The van der Waals surface area contributed by atoms with E-state index in [9.17, 15) is 9.59 Å². The van der Waals surface area contributed by atoms with Crippen molar-refractivity contribution in [3.8, 4) is 0 Å². The number of ether oxygens (including phenoxy) is 1. The van der Waals surface area contributed by atoms with Gasteiger partial charge in [-0.15, -0.1) is 0 Å². The number of hydrogen-bond donors (Lipinski definition) is 0. The molecule has 176 valence electrons. The second kappa shape index (κ2) is 11.2. The van der Waals surface area contributed by atoms with E-state index in [1.807, 2.05) is 13.0 Å². The van der Waals surface area contributed by atoms with Crippen molar-refractivity contribution in [1.82, 2.24) is 0 Å². The third-order valence-electron chi connectivity index (χ3n) is 6.53. The molecule has 0 amide bonds. The molecule has 0 fully saturated rings. The fraction of sp³-hybridized carbons (Fsp3) is 0.826. The van der Waals surface area contributed by atoms with Gasteiger partial charge < -0.3 is 18.4 Å². The topological polar surface area (TPSA) is 61.8 Å². The molecular weight excluding hydrogens is 412 g/mol. The molecule has 0 saturated carbocycles. The van der Waals surface area contributed by atoms with Crippen molar-refractivity contribution in [3.05, 3.63) is 12.2 Å². The maximum absolute atomic E-state index is 11.9. The lowest BCUT2D eigenvalue weighted by Crippen LogP contribution is -2.48. The van der Waals surface area contributed by atoms with E-state index in [0.29, 0.717) is 13.0 Å². The lowest BCUT2D eigenvalue weighted by molar-refractivity contribution is -0.137. The highest BCUT2D eigenvalue weighted by molar-refractivity contribution is 6.74. The summed E-state index contributed by atoms with van der Waals surface area (Å²) in [6.45, 7) is 25.9. The van der Waals surface area contributed by atoms with Crippen LogP contribution in [0.5, 0.6) is 0 Å². The number of carbonyl (C=O) groups excluding carboxylic acids is 2. The fourth-order valence-corrected chi connectivity index (χ4v) is 5.07. The largest absolute Gasteiger partial charge is 0.463 e. The van der Waals surface area contributed by atoms with E-state index in [1.165, 1.54) is 6.08 Å². The SMILES string of the molecule is CCOC(=O)/C=C/[C@H](C)[C@H](C[C@@H](C=O)O[Si](C)(C)C(C)(C)C)O[Si](C)(C)C(C)(C)C. The molecule has 0 aromatic heterocycles. The lowest BCUT2D eigenvalue weighted by atomic mass is 9.99. The molecular formula is C23H46O5Si2. The van der Waals surface area contributed by atoms with E-state index in [-0.39, 0.29) is 28.1 Å². The summed E-state index contributed by atoms with van der Waals surface area (Å²) in [5.74, 6) is -0.422. The van der Waals surface area contributed by atoms with Crippen molar-refractivity contribution in [1.29, 1.82) is 0 Å². The van der Waals surface area contributed by atoms with Gasteiger partial charge in [-0.25, -0.2) is 4.79 Å². The second-order valence-electron chi connectivity index (χ2n) is 11.2. The molecule has 0 heterocycles. The first-order valence-electron chi connectivity index (χ1n) is 11.0. The summed E-state index contributed by atoms with van der Waals surface area (Å²) in [5.41, 5.74) is 0. The summed E-state index contributed by atoms with van der Waals surface area (Å²) < 4.78 is 18.1. The minimum Gasteiger partial charge on any atom is -0.463 e. The van der Waals surface area contributed by atoms with Crippen molar-refractivity contribution < 1.29 is 23.2 Å². The minimum atomic E-state index is -2.10. The maximum Gasteiger partial charge on any atom is 0.330 e. The zero-order valence-corrected chi connectivity index (χ0v) is 23.4. The zero-order chi connectivity index (χ0) is 24.0. The first-order valence-corrected chi connectivity index (χ1v) is 16.9. The number of esters is 1. The van der Waals surface area contributed by atoms with Crippen LogP contribution in [0.2, 0.25) is 36.3 Å². The van der Waals surface area contributed by atoms with Gasteiger partial charge in [-0.3, -0.25) is 0 Å². The summed E-state index contributed by atoms with van der Waals surface area (Å²) in [4.78, 5) is 23.7. The van der Waals surface area contributed by atoms with Crippen LogP contribution in [-0.2, 0) is 23.2 Å². The van der Waals surface area contributed by atoms with E-state index in [0.717, 1.165) is 6.29 Å². The van der Waals surface area contributed by atoms with Gasteiger partial charge in [-0.2, -0.15) is 0 Å². The Morgan fingerprint density at radius 3 is 1.80 bits per heavy atom. The molecule has 7 heteroatoms. The van der Waals surface area contributed by atoms with Crippen molar-refractivity contribution in [3.63, 3.8) is 0 Å². The highest BCUT2D eigenvalue weighted by Crippen LogP contribution is 2.40. The lowest BCUT2D eigenvalue weighted by Gasteiger charge is -2.42. The van der Waals surface area contributed by atoms with Gasteiger partial charge in [0.2, 0.25) is 0 Å². The normalized spacial score (nSPS) is 16.9. The summed E-state index contributed by atoms with van der Waals surface area (Å²) >= 11 is 0. The fourth-order valence-electron chi connectivity index (χ4n) is 2.39. The minimum absolute atomic E-state index is 0.0134. The van der Waals surface area contributed by atoms with Gasteiger partial charge in [0.1, 0.15) is 12.4 Å². The molecule has 0 unspecified atom stereocenters. The monoisotopic (exact) mass is 458 g/mol. The summed E-state index contributed by atoms with van der Waals surface area (Å²) in [5, 5.41) is 0.0479. The third kappa shape index (κ3) is 9.16. The van der Waals surface area contributed by atoms with Crippen molar-refractivity contribution in [2.75, 3.05) is 6.61 Å². The van der Waals surface area contributed by atoms with Crippen molar-refractivity contribution >= 4 is 28.9 Å². The highest BCUT2D eigenvalue weighted by Gasteiger charge is 2.42. The van der Waals surface area contributed by atoms with Crippen LogP contribution in [0.1, 0.15) is 61.8 Å². The number of hydrogen-bond acceptors (Lipinski definition) is 5. The number of rotatable bonds is 11. The molecule has 0 saturated heterocycles. The number of carbonyl (C=O) groups is 2. The molecule has 5 nitrogen and oxygen atoms in total. The second-order valence-corrected chi connectivity index (χ2v) is 20.7. The van der Waals surface area contributed by atoms with Crippen LogP contribution in [0, 0.1) is 5.92 Å². The molecule has 0 aliphatic heterocycles. The van der Waals surface area contributed by atoms with Gasteiger partial charge >= 0.3 is 5.97 Å². The molecule has 0 spiro atoms. The van der Waals surface area contributed by atoms with Gasteiger partial charge in [0.25, 0.3) is 0 Å². The van der Waals surface area contributed by atoms with Crippen LogP contribution in [0.3, 0.4) is 0 Å². The average Bonchev–Trinajstić information content (AvgIpc) is 2.56. The molecule has 0 aromatic rings. The smallest absolute Gasteiger partial charge is 0.330 e. The van der Waals surface area contributed by atoms with Crippen molar-refractivity contribution in [2.45, 2.75) is 110 Å². The Kier molecular flexibility index (Phi) is 10.9. The molecule has 0 radical (unpaired) electrons. The summed E-state index contributed by atoms with van der Waals surface area (Å²) in [6, 6.07) is 0. The zero-order valence-electron chi connectivity index (χ0n) is 21.4. The van der Waals surface area contributed by atoms with E-state index in [1.54, 1.807) is 6.92 Å². The van der Waals surface area contributed by atoms with Crippen LogP contribution in [-0.4, -0.2) is 47.7 Å². The van der Waals surface area contributed by atoms with Gasteiger partial charge in [-0.1, -0.05) is 54.5 Å². The first kappa shape index (κ1) is 29.2. The van der Waals surface area contributed by atoms with Crippen LogP contribution in [0.25, 0.3) is 0 Å². The molecule has 30 heavy (non-hydrogen) atoms. The molecule has 0 aliphatic rings. The molecule has 0 N–H and O–H groups in total. The Labute approximate surface area is 187 Å². The number of aldehydes is 1. The molecule has 0 aromatic carbocycles. The molecule has 0 rings (SSSR count). The predicted octanol–water partition coefficient (Wildman–Crippen LogP) is 6.11. The first-order chi connectivity index (χ1) is 13.4. The average molecular weight is 459 g/mol. The molecule has 0 bridgehead atoms. The van der Waals surface area contributed by atoms with E-state index < -0.39 is 22.7 Å². The predicted molar refractivity (Wildman–Crippen MR) is 130 cm³/mol. The Balaban J connectivity index is 5.70. The Morgan fingerprint density at radius 2 is 1.40 bits per heavy atom. The van der Waals surface area contributed by atoms with Gasteiger partial charge in [-0.05, 0) is 49.1 Å². The Hall–Kier alpha value is -0.766. The highest BCUT2D eigenvalue weighted by atomic mass is 28.4. The van der Waals surface area contributed by atoms with Crippen LogP contribution >= 0.6 is 0 Å². The molecule has 3 atom stereocenters. The standard InChI is InChI=1S/C23H46O5Si2/c1-13-26-21(25)15-14-18(2)20(28-30(11,12)23(6,7)8)16-19(17-24)27-29(9,10)22(3,4)5/h14-15,17-20H,13,16H2,1-12H3/b15-14+/t18-,19-,20-/m0/s1. The van der Waals surface area contributed by atoms with Crippen LogP contribution < -0.4 is 0 Å².